The molecule has 0 N–H and O–H groups in total. The number of fused-ring (bicyclic) bond motifs is 1. The molecule has 0 saturated carbocycles. The lowest BCUT2D eigenvalue weighted by Gasteiger charge is -2.07. The van der Waals surface area contributed by atoms with Crippen LogP contribution < -0.4 is 9.47 Å². The molecule has 0 saturated heterocycles. The topological polar surface area (TPSA) is 24.2 Å². The van der Waals surface area contributed by atoms with Crippen LogP contribution in [-0.2, 0) is 6.54 Å². The summed E-state index contributed by atoms with van der Waals surface area (Å²) in [7, 11) is 0. The van der Waals surface area contributed by atoms with Crippen molar-refractivity contribution in [1.82, 2.24) is 0 Å². The summed E-state index contributed by atoms with van der Waals surface area (Å²) in [6.45, 7) is 4.52. The molecule has 0 fully saturated rings. The second kappa shape index (κ2) is 4.53. The molecule has 2 aromatic rings. The second-order valence-corrected chi connectivity index (χ2v) is 5.36. The Kier molecular flexibility index (Phi) is 2.88. The Bertz CT molecular complexity index is 577. The molecule has 0 amide bonds. The quantitative estimate of drug-likeness (QED) is 0.622. The summed E-state index contributed by atoms with van der Waals surface area (Å²) in [6, 6.07) is 9.51. The van der Waals surface area contributed by atoms with Gasteiger partial charge in [-0.25, -0.2) is 9.47 Å². The van der Waals surface area contributed by atoms with Gasteiger partial charge in [-0.1, -0.05) is 41.7 Å². The molecule has 92 valence electrons. The first-order chi connectivity index (χ1) is 8.75. The molecule has 1 aromatic heterocycles. The van der Waals surface area contributed by atoms with Crippen molar-refractivity contribution in [2.75, 3.05) is 18.0 Å². The van der Waals surface area contributed by atoms with Crippen LogP contribution in [0.25, 0.3) is 0 Å². The van der Waals surface area contributed by atoms with E-state index >= 15 is 0 Å². The van der Waals surface area contributed by atoms with Crippen molar-refractivity contribution in [3.63, 3.8) is 0 Å². The normalized spacial score (nSPS) is 13.7. The van der Waals surface area contributed by atoms with Crippen LogP contribution in [0.1, 0.15) is 16.1 Å². The molecule has 1 aliphatic rings. The summed E-state index contributed by atoms with van der Waals surface area (Å²) in [6.07, 6.45) is 0. The summed E-state index contributed by atoms with van der Waals surface area (Å²) < 4.78 is 2.28. The van der Waals surface area contributed by atoms with Crippen molar-refractivity contribution in [2.24, 2.45) is 0 Å². The van der Waals surface area contributed by atoms with Gasteiger partial charge >= 0.3 is 5.13 Å². The van der Waals surface area contributed by atoms with Gasteiger partial charge in [-0.15, -0.1) is 0 Å². The third-order valence-corrected chi connectivity index (χ3v) is 4.43. The summed E-state index contributed by atoms with van der Waals surface area (Å²) in [5, 5.41) is 3.35. The van der Waals surface area contributed by atoms with E-state index in [9.17, 15) is 4.79 Å². The number of carbonyl (C=O) groups is 1. The first-order valence-corrected chi connectivity index (χ1v) is 6.95. The van der Waals surface area contributed by atoms with Gasteiger partial charge in [0.05, 0.1) is 0 Å². The van der Waals surface area contributed by atoms with Gasteiger partial charge in [-0.2, -0.15) is 0 Å². The van der Waals surface area contributed by atoms with Gasteiger partial charge < -0.3 is 0 Å². The van der Waals surface area contributed by atoms with Gasteiger partial charge in [0.25, 0.3) is 0 Å². The Morgan fingerprint density at radius 2 is 2.17 bits per heavy atom. The monoisotopic (exact) mass is 259 g/mol. The molecule has 1 aromatic carbocycles. The number of ketones is 1. The minimum atomic E-state index is 0.190. The minimum Gasteiger partial charge on any atom is -0.290 e. The van der Waals surface area contributed by atoms with E-state index in [1.165, 1.54) is 10.8 Å². The van der Waals surface area contributed by atoms with Crippen molar-refractivity contribution >= 4 is 22.3 Å². The predicted octanol–water partition coefficient (Wildman–Crippen LogP) is 2.05. The van der Waals surface area contributed by atoms with Gasteiger partial charge in [0.2, 0.25) is 5.78 Å². The molecule has 1 aliphatic heterocycles. The van der Waals surface area contributed by atoms with E-state index in [-0.39, 0.29) is 5.78 Å². The molecule has 2 heterocycles. The molecule has 3 nitrogen and oxygen atoms in total. The highest BCUT2D eigenvalue weighted by Crippen LogP contribution is 2.22. The van der Waals surface area contributed by atoms with E-state index in [1.807, 2.05) is 30.3 Å². The second-order valence-electron chi connectivity index (χ2n) is 4.52. The van der Waals surface area contributed by atoms with E-state index in [0.29, 0.717) is 6.54 Å². The molecule has 0 unspecified atom stereocenters. The lowest BCUT2D eigenvalue weighted by molar-refractivity contribution is -0.673. The zero-order chi connectivity index (χ0) is 12.5. The number of hydrogen-bond donors (Lipinski definition) is 0. The average Bonchev–Trinajstić information content (AvgIpc) is 2.95. The van der Waals surface area contributed by atoms with Crippen LogP contribution in [0.15, 0.2) is 35.7 Å². The van der Waals surface area contributed by atoms with Gasteiger partial charge in [-0.05, 0) is 6.92 Å². The predicted molar refractivity (Wildman–Crippen MR) is 72.2 cm³/mol. The van der Waals surface area contributed by atoms with E-state index in [0.717, 1.165) is 18.7 Å². The largest absolute Gasteiger partial charge is 0.336 e. The number of carbonyl (C=O) groups excluding carboxylic acids is 1. The van der Waals surface area contributed by atoms with Gasteiger partial charge in [0.1, 0.15) is 25.3 Å². The maximum absolute atomic E-state index is 12.2. The Hall–Kier alpha value is -1.68. The molecule has 0 aliphatic carbocycles. The Morgan fingerprint density at radius 3 is 2.94 bits per heavy atom. The lowest BCUT2D eigenvalue weighted by atomic mass is 10.1. The SMILES string of the molecule is Cc1csc2[n+]1CCN2CC(=O)c1ccccc1. The number of anilines is 1. The van der Waals surface area contributed by atoms with E-state index in [1.54, 1.807) is 11.3 Å². The third-order valence-electron chi connectivity index (χ3n) is 3.29. The fourth-order valence-electron chi connectivity index (χ4n) is 2.29. The molecular weight excluding hydrogens is 244 g/mol. The van der Waals surface area contributed by atoms with Crippen LogP contribution in [-0.4, -0.2) is 18.9 Å². The van der Waals surface area contributed by atoms with Crippen molar-refractivity contribution in [2.45, 2.75) is 13.5 Å². The van der Waals surface area contributed by atoms with Crippen molar-refractivity contribution < 1.29 is 9.36 Å². The Balaban J connectivity index is 1.77. The number of thiazole rings is 1. The number of rotatable bonds is 3. The van der Waals surface area contributed by atoms with Gasteiger partial charge in [0, 0.05) is 10.9 Å². The van der Waals surface area contributed by atoms with Crippen molar-refractivity contribution in [3.8, 4) is 0 Å². The average molecular weight is 259 g/mol. The van der Waals surface area contributed by atoms with Crippen molar-refractivity contribution in [3.05, 3.63) is 47.0 Å². The van der Waals surface area contributed by atoms with Crippen LogP contribution in [0, 0.1) is 6.92 Å². The van der Waals surface area contributed by atoms with E-state index in [4.69, 9.17) is 0 Å². The molecule has 4 heteroatoms. The molecule has 0 spiro atoms. The first-order valence-electron chi connectivity index (χ1n) is 6.07. The molecule has 0 atom stereocenters. The van der Waals surface area contributed by atoms with Crippen LogP contribution in [0.5, 0.6) is 0 Å². The molecule has 0 radical (unpaired) electrons. The number of aromatic nitrogens is 1. The van der Waals surface area contributed by atoms with Crippen molar-refractivity contribution in [1.29, 1.82) is 0 Å². The Morgan fingerprint density at radius 1 is 1.39 bits per heavy atom. The number of benzene rings is 1. The lowest BCUT2D eigenvalue weighted by Crippen LogP contribution is -2.31. The summed E-state index contributed by atoms with van der Waals surface area (Å²) in [5.74, 6) is 0.190. The smallest absolute Gasteiger partial charge is 0.290 e. The fourth-order valence-corrected chi connectivity index (χ4v) is 3.36. The molecule has 18 heavy (non-hydrogen) atoms. The highest BCUT2D eigenvalue weighted by atomic mass is 32.1. The number of Topliss-reactive ketones (excluding diaryl/α,β-unsaturated/α-hetero) is 1. The summed E-state index contributed by atoms with van der Waals surface area (Å²) in [5.41, 5.74) is 2.08. The van der Waals surface area contributed by atoms with Crippen LogP contribution in [0.2, 0.25) is 0 Å². The Labute approximate surface area is 110 Å². The maximum atomic E-state index is 12.2. The molecule has 0 bridgehead atoms. The fraction of sp³-hybridized carbons (Fsp3) is 0.286. The van der Waals surface area contributed by atoms with Gasteiger partial charge in [-0.3, -0.25) is 4.79 Å². The third kappa shape index (κ3) is 1.93. The minimum absolute atomic E-state index is 0.190. The zero-order valence-electron chi connectivity index (χ0n) is 10.3. The number of hydrogen-bond acceptors (Lipinski definition) is 3. The highest BCUT2D eigenvalue weighted by molar-refractivity contribution is 7.13. The summed E-state index contributed by atoms with van der Waals surface area (Å²) in [4.78, 5) is 14.3. The molecular formula is C14H15N2OS+. The highest BCUT2D eigenvalue weighted by Gasteiger charge is 2.32. The maximum Gasteiger partial charge on any atom is 0.336 e. The first kappa shape index (κ1) is 11.4. The zero-order valence-corrected chi connectivity index (χ0v) is 11.1. The van der Waals surface area contributed by atoms with Crippen LogP contribution in [0.4, 0.5) is 5.13 Å². The standard InChI is InChI=1S/C14H15N2OS/c1-11-10-18-14-15(7-8-16(11)14)9-13(17)12-5-3-2-4-6-12/h2-6,10H,7-9H2,1H3/q+1. The number of aryl methyl sites for hydroxylation is 1. The van der Waals surface area contributed by atoms with Crippen LogP contribution in [0.3, 0.4) is 0 Å². The van der Waals surface area contributed by atoms with Crippen LogP contribution >= 0.6 is 11.3 Å². The summed E-state index contributed by atoms with van der Waals surface area (Å²) >= 11 is 1.72. The van der Waals surface area contributed by atoms with Gasteiger partial charge in [0.15, 0.2) is 0 Å². The number of nitrogens with zero attached hydrogens (tertiary/aromatic N) is 2. The van der Waals surface area contributed by atoms with E-state index < -0.39 is 0 Å². The van der Waals surface area contributed by atoms with E-state index in [2.05, 4.69) is 21.8 Å². The molecule has 3 rings (SSSR count).